The second-order valence-corrected chi connectivity index (χ2v) is 7.77. The molecule has 0 N–H and O–H groups in total. The van der Waals surface area contributed by atoms with Crippen molar-refractivity contribution in [2.75, 3.05) is 0 Å². The Bertz CT molecular complexity index is 406. The molecule has 0 aromatic carbocycles. The molecule has 1 aromatic rings. The van der Waals surface area contributed by atoms with Crippen LogP contribution in [0.25, 0.3) is 0 Å². The molecule has 0 aliphatic heterocycles. The Kier molecular flexibility index (Phi) is 3.82. The van der Waals surface area contributed by atoms with Crippen molar-refractivity contribution in [3.8, 4) is 0 Å². The number of alkyl halides is 1. The Morgan fingerprint density at radius 2 is 2.31 bits per heavy atom. The third-order valence-corrected chi connectivity index (χ3v) is 4.87. The highest BCUT2D eigenvalue weighted by Gasteiger charge is 2.27. The summed E-state index contributed by atoms with van der Waals surface area (Å²) in [5.41, 5.74) is 1.84. The van der Waals surface area contributed by atoms with Gasteiger partial charge in [-0.15, -0.1) is 22.9 Å². The second kappa shape index (κ2) is 4.83. The first kappa shape index (κ1) is 12.7. The highest BCUT2D eigenvalue weighted by Crippen LogP contribution is 2.39. The van der Waals surface area contributed by atoms with Crippen molar-refractivity contribution < 1.29 is 0 Å². The van der Waals surface area contributed by atoms with E-state index in [-0.39, 0.29) is 5.38 Å². The highest BCUT2D eigenvalue weighted by molar-refractivity contribution is 9.10. The van der Waals surface area contributed by atoms with Gasteiger partial charge in [0.25, 0.3) is 0 Å². The first-order valence-corrected chi connectivity index (χ1v) is 7.62. The zero-order valence-corrected chi connectivity index (χ0v) is 12.8. The highest BCUT2D eigenvalue weighted by atomic mass is 79.9. The van der Waals surface area contributed by atoms with Gasteiger partial charge in [0.05, 0.1) is 5.38 Å². The molecule has 0 fully saturated rings. The minimum atomic E-state index is 0.210. The molecular weight excluding hydrogens is 304 g/mol. The minimum Gasteiger partial charge on any atom is -0.147 e. The van der Waals surface area contributed by atoms with Crippen molar-refractivity contribution in [2.24, 2.45) is 5.41 Å². The van der Waals surface area contributed by atoms with E-state index in [1.165, 1.54) is 21.3 Å². The molecule has 1 aliphatic carbocycles. The lowest BCUT2D eigenvalue weighted by atomic mass is 9.76. The second-order valence-electron chi connectivity index (χ2n) is 5.29. The average molecular weight is 320 g/mol. The molecule has 0 nitrogen and oxygen atoms in total. The van der Waals surface area contributed by atoms with Gasteiger partial charge in [-0.1, -0.05) is 25.5 Å². The first-order chi connectivity index (χ1) is 7.44. The standard InChI is InChI=1S/C13H16BrClS/c1-13(2)6-9(3-11(15)7-13)4-12-5-10(14)8-16-12/h3,5,8,11H,4,6-7H2,1-2H3. The van der Waals surface area contributed by atoms with Crippen molar-refractivity contribution in [2.45, 2.75) is 38.5 Å². The predicted octanol–water partition coefficient (Wildman–Crippen LogP) is 5.41. The maximum atomic E-state index is 6.29. The minimum absolute atomic E-state index is 0.210. The van der Waals surface area contributed by atoms with Gasteiger partial charge in [0.2, 0.25) is 0 Å². The van der Waals surface area contributed by atoms with E-state index in [1.54, 1.807) is 0 Å². The van der Waals surface area contributed by atoms with Crippen LogP contribution in [0.4, 0.5) is 0 Å². The van der Waals surface area contributed by atoms with Gasteiger partial charge in [-0.2, -0.15) is 0 Å². The number of hydrogen-bond donors (Lipinski definition) is 0. The van der Waals surface area contributed by atoms with Crippen molar-refractivity contribution in [3.63, 3.8) is 0 Å². The zero-order chi connectivity index (χ0) is 11.8. The van der Waals surface area contributed by atoms with E-state index in [9.17, 15) is 0 Å². The van der Waals surface area contributed by atoms with Crippen molar-refractivity contribution in [3.05, 3.63) is 32.4 Å². The number of rotatable bonds is 2. The molecule has 16 heavy (non-hydrogen) atoms. The van der Waals surface area contributed by atoms with Crippen molar-refractivity contribution in [1.82, 2.24) is 0 Å². The summed E-state index contributed by atoms with van der Waals surface area (Å²) in [4.78, 5) is 1.42. The average Bonchev–Trinajstić information content (AvgIpc) is 2.46. The van der Waals surface area contributed by atoms with E-state index in [4.69, 9.17) is 11.6 Å². The SMILES string of the molecule is CC1(C)CC(Cc2cc(Br)cs2)=CC(Cl)C1. The first-order valence-electron chi connectivity index (χ1n) is 5.51. The van der Waals surface area contributed by atoms with Crippen LogP contribution in [0.15, 0.2) is 27.6 Å². The monoisotopic (exact) mass is 318 g/mol. The molecule has 0 amide bonds. The molecule has 0 radical (unpaired) electrons. The van der Waals surface area contributed by atoms with Gasteiger partial charge in [0.1, 0.15) is 0 Å². The molecule has 1 unspecified atom stereocenters. The maximum absolute atomic E-state index is 6.29. The van der Waals surface area contributed by atoms with Gasteiger partial charge < -0.3 is 0 Å². The quantitative estimate of drug-likeness (QED) is 0.505. The van der Waals surface area contributed by atoms with Crippen LogP contribution in [0.2, 0.25) is 0 Å². The van der Waals surface area contributed by atoms with Crippen LogP contribution in [0.3, 0.4) is 0 Å². The van der Waals surface area contributed by atoms with Gasteiger partial charge >= 0.3 is 0 Å². The van der Waals surface area contributed by atoms with Crippen LogP contribution in [0.5, 0.6) is 0 Å². The largest absolute Gasteiger partial charge is 0.147 e. The molecule has 3 heteroatoms. The smallest absolute Gasteiger partial charge is 0.0523 e. The van der Waals surface area contributed by atoms with E-state index in [0.29, 0.717) is 5.41 Å². The van der Waals surface area contributed by atoms with E-state index in [0.717, 1.165) is 12.8 Å². The molecule has 1 atom stereocenters. The van der Waals surface area contributed by atoms with Crippen LogP contribution in [-0.4, -0.2) is 5.38 Å². The molecule has 0 saturated heterocycles. The Morgan fingerprint density at radius 3 is 2.88 bits per heavy atom. The fourth-order valence-corrected chi connectivity index (χ4v) is 4.48. The third-order valence-electron chi connectivity index (χ3n) is 2.89. The van der Waals surface area contributed by atoms with Gasteiger partial charge in [-0.25, -0.2) is 0 Å². The van der Waals surface area contributed by atoms with E-state index in [2.05, 4.69) is 47.3 Å². The molecular formula is C13H16BrClS. The number of thiophene rings is 1. The maximum Gasteiger partial charge on any atom is 0.0523 e. The molecule has 88 valence electrons. The number of allylic oxidation sites excluding steroid dienone is 2. The Hall–Kier alpha value is 0.210. The fourth-order valence-electron chi connectivity index (χ4n) is 2.38. The Labute approximate surface area is 115 Å². The van der Waals surface area contributed by atoms with Gasteiger partial charge in [0, 0.05) is 21.2 Å². The number of hydrogen-bond acceptors (Lipinski definition) is 1. The summed E-state index contributed by atoms with van der Waals surface area (Å²) in [6, 6.07) is 2.20. The summed E-state index contributed by atoms with van der Waals surface area (Å²) in [7, 11) is 0. The molecule has 0 bridgehead atoms. The third kappa shape index (κ3) is 3.35. The van der Waals surface area contributed by atoms with E-state index >= 15 is 0 Å². The Balaban J connectivity index is 2.10. The lowest BCUT2D eigenvalue weighted by Crippen LogP contribution is -2.22. The van der Waals surface area contributed by atoms with Crippen LogP contribution >= 0.6 is 38.9 Å². The lowest BCUT2D eigenvalue weighted by molar-refractivity contribution is 0.320. The molecule has 1 aliphatic rings. The predicted molar refractivity (Wildman–Crippen MR) is 76.5 cm³/mol. The normalized spacial score (nSPS) is 24.2. The van der Waals surface area contributed by atoms with Gasteiger partial charge in [-0.05, 0) is 40.3 Å². The van der Waals surface area contributed by atoms with Crippen LogP contribution in [-0.2, 0) is 6.42 Å². The van der Waals surface area contributed by atoms with Gasteiger partial charge in [-0.3, -0.25) is 0 Å². The van der Waals surface area contributed by atoms with Crippen molar-refractivity contribution in [1.29, 1.82) is 0 Å². The van der Waals surface area contributed by atoms with Crippen LogP contribution in [0, 0.1) is 5.41 Å². The summed E-state index contributed by atoms with van der Waals surface area (Å²) in [6.45, 7) is 4.61. The zero-order valence-electron chi connectivity index (χ0n) is 9.59. The molecule has 2 rings (SSSR count). The van der Waals surface area contributed by atoms with Crippen molar-refractivity contribution >= 4 is 38.9 Å². The summed E-state index contributed by atoms with van der Waals surface area (Å²) in [5, 5.41) is 2.35. The molecule has 1 heterocycles. The molecule has 1 aromatic heterocycles. The van der Waals surface area contributed by atoms with E-state index in [1.807, 2.05) is 11.3 Å². The Morgan fingerprint density at radius 1 is 1.56 bits per heavy atom. The van der Waals surface area contributed by atoms with Crippen LogP contribution < -0.4 is 0 Å². The van der Waals surface area contributed by atoms with Crippen LogP contribution in [0.1, 0.15) is 31.6 Å². The topological polar surface area (TPSA) is 0 Å². The summed E-state index contributed by atoms with van der Waals surface area (Å²) >= 11 is 11.6. The summed E-state index contributed by atoms with van der Waals surface area (Å²) in [5.74, 6) is 0. The lowest BCUT2D eigenvalue weighted by Gasteiger charge is -2.32. The molecule has 0 saturated carbocycles. The molecule has 0 spiro atoms. The number of halogens is 2. The van der Waals surface area contributed by atoms with E-state index < -0.39 is 0 Å². The van der Waals surface area contributed by atoms with Gasteiger partial charge in [0.15, 0.2) is 0 Å². The summed E-state index contributed by atoms with van der Waals surface area (Å²) in [6.07, 6.45) is 5.57. The fraction of sp³-hybridized carbons (Fsp3) is 0.538. The summed E-state index contributed by atoms with van der Waals surface area (Å²) < 4.78 is 1.19.